The molecule has 0 fully saturated rings. The van der Waals surface area contributed by atoms with Crippen LogP contribution in [0.4, 0.5) is 18.9 Å². The van der Waals surface area contributed by atoms with Gasteiger partial charge in [0.15, 0.2) is 0 Å². The van der Waals surface area contributed by atoms with Crippen molar-refractivity contribution in [3.05, 3.63) is 47.8 Å². The Morgan fingerprint density at radius 1 is 1.22 bits per heavy atom. The SMILES string of the molecule is N#Cc1ccc(NS(=O)(=O)c2cc(C(F)(F)F)ccc2O)cn1. The number of aromatic hydroxyl groups is 1. The van der Waals surface area contributed by atoms with Crippen molar-refractivity contribution in [1.82, 2.24) is 4.98 Å². The second-order valence-electron chi connectivity index (χ2n) is 4.33. The number of anilines is 1. The van der Waals surface area contributed by atoms with E-state index >= 15 is 0 Å². The van der Waals surface area contributed by atoms with Crippen LogP contribution in [0.25, 0.3) is 0 Å². The van der Waals surface area contributed by atoms with Crippen molar-refractivity contribution < 1.29 is 26.7 Å². The van der Waals surface area contributed by atoms with Gasteiger partial charge >= 0.3 is 6.18 Å². The highest BCUT2D eigenvalue weighted by atomic mass is 32.2. The van der Waals surface area contributed by atoms with Gasteiger partial charge in [0.05, 0.1) is 17.4 Å². The lowest BCUT2D eigenvalue weighted by Gasteiger charge is -2.12. The van der Waals surface area contributed by atoms with E-state index in [0.717, 1.165) is 6.20 Å². The molecule has 23 heavy (non-hydrogen) atoms. The van der Waals surface area contributed by atoms with Gasteiger partial charge in [-0.15, -0.1) is 0 Å². The van der Waals surface area contributed by atoms with E-state index in [1.54, 1.807) is 6.07 Å². The third kappa shape index (κ3) is 3.70. The van der Waals surface area contributed by atoms with Crippen LogP contribution in [0.2, 0.25) is 0 Å². The van der Waals surface area contributed by atoms with Gasteiger partial charge in [-0.05, 0) is 30.3 Å². The van der Waals surface area contributed by atoms with Gasteiger partial charge in [-0.2, -0.15) is 18.4 Å². The van der Waals surface area contributed by atoms with Crippen LogP contribution in [0, 0.1) is 11.3 Å². The lowest BCUT2D eigenvalue weighted by Crippen LogP contribution is -2.15. The molecule has 120 valence electrons. The van der Waals surface area contributed by atoms with Gasteiger partial charge in [0, 0.05) is 0 Å². The number of alkyl halides is 3. The second-order valence-corrected chi connectivity index (χ2v) is 5.98. The Morgan fingerprint density at radius 2 is 1.91 bits per heavy atom. The minimum atomic E-state index is -4.76. The van der Waals surface area contributed by atoms with Crippen LogP contribution in [0.15, 0.2) is 41.4 Å². The maximum Gasteiger partial charge on any atom is 0.416 e. The van der Waals surface area contributed by atoms with Crippen molar-refractivity contribution in [2.24, 2.45) is 0 Å². The molecule has 2 N–H and O–H groups in total. The molecule has 0 aliphatic carbocycles. The lowest BCUT2D eigenvalue weighted by atomic mass is 10.2. The van der Waals surface area contributed by atoms with Gasteiger partial charge in [0.2, 0.25) is 0 Å². The number of nitriles is 1. The number of hydrogen-bond donors (Lipinski definition) is 2. The fourth-order valence-corrected chi connectivity index (χ4v) is 2.80. The fraction of sp³-hybridized carbons (Fsp3) is 0.0769. The zero-order valence-electron chi connectivity index (χ0n) is 11.2. The van der Waals surface area contributed by atoms with Crippen LogP contribution in [-0.2, 0) is 16.2 Å². The Kier molecular flexibility index (Phi) is 4.16. The molecule has 0 aliphatic rings. The van der Waals surface area contributed by atoms with Crippen LogP contribution in [0.1, 0.15) is 11.3 Å². The summed E-state index contributed by atoms with van der Waals surface area (Å²) in [4.78, 5) is 2.70. The van der Waals surface area contributed by atoms with E-state index in [1.165, 1.54) is 12.1 Å². The predicted octanol–water partition coefficient (Wildman–Crippen LogP) is 2.48. The van der Waals surface area contributed by atoms with E-state index in [2.05, 4.69) is 4.98 Å². The van der Waals surface area contributed by atoms with Crippen LogP contribution in [0.5, 0.6) is 5.75 Å². The maximum absolute atomic E-state index is 12.7. The number of benzene rings is 1. The molecule has 1 aromatic carbocycles. The summed E-state index contributed by atoms with van der Waals surface area (Å²) >= 11 is 0. The normalized spacial score (nSPS) is 11.7. The van der Waals surface area contributed by atoms with Crippen LogP contribution in [-0.4, -0.2) is 18.5 Å². The number of nitrogens with zero attached hydrogens (tertiary/aromatic N) is 2. The molecule has 0 amide bonds. The number of sulfonamides is 1. The molecule has 0 spiro atoms. The van der Waals surface area contributed by atoms with E-state index < -0.39 is 32.4 Å². The first-order chi connectivity index (χ1) is 10.6. The molecule has 1 heterocycles. The number of phenolic OH excluding ortho intramolecular Hbond substituents is 1. The number of nitrogens with one attached hydrogen (secondary N) is 1. The fourth-order valence-electron chi connectivity index (χ4n) is 1.64. The summed E-state index contributed by atoms with van der Waals surface area (Å²) in [5.74, 6) is -0.827. The molecule has 10 heteroatoms. The average Bonchev–Trinajstić information content (AvgIpc) is 2.46. The number of aromatic nitrogens is 1. The third-order valence-corrected chi connectivity index (χ3v) is 4.12. The smallest absolute Gasteiger partial charge is 0.416 e. The summed E-state index contributed by atoms with van der Waals surface area (Å²) in [6, 6.07) is 5.71. The Labute approximate surface area is 128 Å². The minimum absolute atomic E-state index is 0.0369. The Bertz CT molecular complexity index is 872. The standard InChI is InChI=1S/C13H8F3N3O3S/c14-13(15,16)8-1-4-11(20)12(5-8)23(21,22)19-10-3-2-9(6-17)18-7-10/h1-5,7,19-20H. The minimum Gasteiger partial charge on any atom is -0.507 e. The molecule has 0 radical (unpaired) electrons. The van der Waals surface area contributed by atoms with E-state index in [1.807, 2.05) is 4.72 Å². The zero-order valence-corrected chi connectivity index (χ0v) is 12.0. The van der Waals surface area contributed by atoms with Gasteiger partial charge < -0.3 is 5.11 Å². The first-order valence-electron chi connectivity index (χ1n) is 5.92. The number of pyridine rings is 1. The highest BCUT2D eigenvalue weighted by Crippen LogP contribution is 2.34. The van der Waals surface area contributed by atoms with Gasteiger partial charge in [0.25, 0.3) is 10.0 Å². The molecule has 1 aromatic heterocycles. The summed E-state index contributed by atoms with van der Waals surface area (Å²) in [5, 5.41) is 18.1. The molecular formula is C13H8F3N3O3S. The molecule has 0 aliphatic heterocycles. The summed E-state index contributed by atoms with van der Waals surface area (Å²) < 4.78 is 64.2. The van der Waals surface area contributed by atoms with Crippen molar-refractivity contribution >= 4 is 15.7 Å². The number of halogens is 3. The molecule has 0 saturated carbocycles. The van der Waals surface area contributed by atoms with E-state index in [4.69, 9.17) is 5.26 Å². The topological polar surface area (TPSA) is 103 Å². The molecule has 0 bridgehead atoms. The van der Waals surface area contributed by atoms with Crippen LogP contribution < -0.4 is 4.72 Å². The lowest BCUT2D eigenvalue weighted by molar-refractivity contribution is -0.137. The first kappa shape index (κ1) is 16.6. The van der Waals surface area contributed by atoms with Gasteiger partial charge in [-0.3, -0.25) is 4.72 Å². The molecular weight excluding hydrogens is 335 g/mol. The van der Waals surface area contributed by atoms with E-state index in [0.29, 0.717) is 18.2 Å². The summed E-state index contributed by atoms with van der Waals surface area (Å²) in [7, 11) is -4.47. The Morgan fingerprint density at radius 3 is 2.43 bits per heavy atom. The second kappa shape index (κ2) is 5.77. The van der Waals surface area contributed by atoms with Crippen LogP contribution >= 0.6 is 0 Å². The van der Waals surface area contributed by atoms with Gasteiger partial charge in [-0.25, -0.2) is 13.4 Å². The number of rotatable bonds is 3. The highest BCUT2D eigenvalue weighted by Gasteiger charge is 2.33. The highest BCUT2D eigenvalue weighted by molar-refractivity contribution is 7.92. The summed E-state index contributed by atoms with van der Waals surface area (Å²) in [6.07, 6.45) is -3.73. The average molecular weight is 343 g/mol. The van der Waals surface area contributed by atoms with Gasteiger partial charge in [0.1, 0.15) is 22.4 Å². The molecule has 2 aromatic rings. The number of phenols is 1. The monoisotopic (exact) mass is 343 g/mol. The van der Waals surface area contributed by atoms with Crippen molar-refractivity contribution in [2.75, 3.05) is 4.72 Å². The van der Waals surface area contributed by atoms with Crippen molar-refractivity contribution in [1.29, 1.82) is 5.26 Å². The molecule has 6 nitrogen and oxygen atoms in total. The summed E-state index contributed by atoms with van der Waals surface area (Å²) in [5.41, 5.74) is -1.25. The first-order valence-corrected chi connectivity index (χ1v) is 7.41. The van der Waals surface area contributed by atoms with Crippen molar-refractivity contribution in [2.45, 2.75) is 11.1 Å². The Balaban J connectivity index is 2.41. The van der Waals surface area contributed by atoms with Gasteiger partial charge in [-0.1, -0.05) is 0 Å². The molecule has 0 unspecified atom stereocenters. The quantitative estimate of drug-likeness (QED) is 0.891. The molecule has 0 saturated heterocycles. The maximum atomic E-state index is 12.7. The summed E-state index contributed by atoms with van der Waals surface area (Å²) in [6.45, 7) is 0. The Hall–Kier alpha value is -2.80. The molecule has 2 rings (SSSR count). The number of hydrogen-bond acceptors (Lipinski definition) is 5. The van der Waals surface area contributed by atoms with Crippen LogP contribution in [0.3, 0.4) is 0 Å². The van der Waals surface area contributed by atoms with Crippen molar-refractivity contribution in [3.63, 3.8) is 0 Å². The van der Waals surface area contributed by atoms with E-state index in [-0.39, 0.29) is 11.4 Å². The van der Waals surface area contributed by atoms with E-state index in [9.17, 15) is 26.7 Å². The van der Waals surface area contributed by atoms with Crippen molar-refractivity contribution in [3.8, 4) is 11.8 Å². The zero-order chi connectivity index (χ0) is 17.3. The predicted molar refractivity (Wildman–Crippen MR) is 72.9 cm³/mol. The largest absolute Gasteiger partial charge is 0.507 e. The molecule has 0 atom stereocenters. The third-order valence-electron chi connectivity index (χ3n) is 2.71.